The van der Waals surface area contributed by atoms with Crippen LogP contribution in [-0.4, -0.2) is 73.6 Å². The maximum atomic E-state index is 13.4. The van der Waals surface area contributed by atoms with Gasteiger partial charge in [0.1, 0.15) is 0 Å². The Bertz CT molecular complexity index is 1620. The highest BCUT2D eigenvalue weighted by Gasteiger charge is 2.38. The molecule has 5 aliphatic rings. The van der Waals surface area contributed by atoms with Crippen LogP contribution in [0.3, 0.4) is 0 Å². The van der Waals surface area contributed by atoms with E-state index in [0.717, 1.165) is 18.4 Å². The molecule has 4 aliphatic heterocycles. The number of ether oxygens (including phenoxy) is 4. The molecule has 0 N–H and O–H groups in total. The zero-order valence-corrected chi connectivity index (χ0v) is 24.5. The molecule has 1 saturated carbocycles. The molecule has 2 atom stereocenters. The third kappa shape index (κ3) is 5.04. The van der Waals surface area contributed by atoms with Crippen LogP contribution in [0.4, 0.5) is 11.4 Å². The number of carbonyl (C=O) groups excluding carboxylic acids is 2. The van der Waals surface area contributed by atoms with Crippen molar-refractivity contribution in [2.45, 2.75) is 51.1 Å². The van der Waals surface area contributed by atoms with Crippen LogP contribution in [0.15, 0.2) is 57.8 Å². The van der Waals surface area contributed by atoms with E-state index in [2.05, 4.69) is 9.98 Å². The monoisotopic (exact) mass is 582 g/mol. The topological polar surface area (TPSA) is 102 Å². The molecular weight excluding hydrogens is 548 g/mol. The summed E-state index contributed by atoms with van der Waals surface area (Å²) >= 11 is 0. The van der Waals surface area contributed by atoms with E-state index in [9.17, 15) is 9.59 Å². The zero-order chi connectivity index (χ0) is 29.7. The summed E-state index contributed by atoms with van der Waals surface area (Å²) in [7, 11) is 3.11. The lowest BCUT2D eigenvalue weighted by Gasteiger charge is -2.19. The van der Waals surface area contributed by atoms with Gasteiger partial charge in [-0.2, -0.15) is 0 Å². The molecule has 0 bridgehead atoms. The molecule has 0 radical (unpaired) electrons. The Morgan fingerprint density at radius 2 is 1.28 bits per heavy atom. The van der Waals surface area contributed by atoms with E-state index in [-0.39, 0.29) is 23.9 Å². The SMILES string of the molecule is COc1cc2c(cc1OCCCOc1cc3c(cc1OC)C(=O)N1C=C(C4CC4)C[C@@H]1C=N3)N=C[C@H]1CC(C)=CN1C2=O. The molecule has 2 aromatic rings. The quantitative estimate of drug-likeness (QED) is 0.356. The summed E-state index contributed by atoms with van der Waals surface area (Å²) in [6.07, 6.45) is 12.2. The number of methoxy groups -OCH3 is 2. The van der Waals surface area contributed by atoms with Gasteiger partial charge in [0.15, 0.2) is 23.0 Å². The molecule has 0 saturated heterocycles. The minimum absolute atomic E-state index is 0.0463. The number of hydrogen-bond acceptors (Lipinski definition) is 8. The Morgan fingerprint density at radius 3 is 1.81 bits per heavy atom. The first kappa shape index (κ1) is 27.2. The van der Waals surface area contributed by atoms with E-state index in [4.69, 9.17) is 18.9 Å². The van der Waals surface area contributed by atoms with Gasteiger partial charge in [0, 0.05) is 43.4 Å². The summed E-state index contributed by atoms with van der Waals surface area (Å²) in [5.41, 5.74) is 4.61. The molecule has 7 rings (SSSR count). The van der Waals surface area contributed by atoms with E-state index < -0.39 is 0 Å². The molecule has 222 valence electrons. The minimum Gasteiger partial charge on any atom is -0.493 e. The van der Waals surface area contributed by atoms with E-state index in [1.54, 1.807) is 48.3 Å². The van der Waals surface area contributed by atoms with Crippen molar-refractivity contribution in [3.05, 3.63) is 58.9 Å². The number of fused-ring (bicyclic) bond motifs is 4. The maximum Gasteiger partial charge on any atom is 0.260 e. The summed E-state index contributed by atoms with van der Waals surface area (Å²) in [5.74, 6) is 2.42. The molecule has 2 amide bonds. The smallest absolute Gasteiger partial charge is 0.260 e. The van der Waals surface area contributed by atoms with Crippen LogP contribution in [0.25, 0.3) is 0 Å². The molecule has 1 aliphatic carbocycles. The number of nitrogens with zero attached hydrogens (tertiary/aromatic N) is 4. The van der Waals surface area contributed by atoms with E-state index >= 15 is 0 Å². The van der Waals surface area contributed by atoms with Crippen molar-refractivity contribution in [3.63, 3.8) is 0 Å². The van der Waals surface area contributed by atoms with E-state index in [1.807, 2.05) is 31.8 Å². The van der Waals surface area contributed by atoms with Gasteiger partial charge in [-0.15, -0.1) is 0 Å². The highest BCUT2D eigenvalue weighted by atomic mass is 16.5. The second-order valence-electron chi connectivity index (χ2n) is 11.6. The van der Waals surface area contributed by atoms with Crippen LogP contribution in [0, 0.1) is 5.92 Å². The Kier molecular flexibility index (Phi) is 6.91. The second-order valence-corrected chi connectivity index (χ2v) is 11.6. The maximum absolute atomic E-state index is 13.4. The molecule has 1 fully saturated rings. The number of hydrogen-bond donors (Lipinski definition) is 0. The molecule has 0 unspecified atom stereocenters. The molecule has 10 heteroatoms. The van der Waals surface area contributed by atoms with Crippen molar-refractivity contribution >= 4 is 35.6 Å². The summed E-state index contributed by atoms with van der Waals surface area (Å²) in [6.45, 7) is 2.71. The Balaban J connectivity index is 1.00. The van der Waals surface area contributed by atoms with Crippen molar-refractivity contribution in [3.8, 4) is 23.0 Å². The first-order valence-electron chi connectivity index (χ1n) is 14.7. The van der Waals surface area contributed by atoms with Gasteiger partial charge in [0.05, 0.1) is 62.0 Å². The fourth-order valence-corrected chi connectivity index (χ4v) is 6.11. The highest BCUT2D eigenvalue weighted by Crippen LogP contribution is 2.44. The fourth-order valence-electron chi connectivity index (χ4n) is 6.11. The van der Waals surface area contributed by atoms with Gasteiger partial charge in [0.2, 0.25) is 0 Å². The van der Waals surface area contributed by atoms with Crippen LogP contribution in [0.2, 0.25) is 0 Å². The predicted octanol–water partition coefficient (Wildman–Crippen LogP) is 5.61. The van der Waals surface area contributed by atoms with Crippen molar-refractivity contribution in [2.75, 3.05) is 27.4 Å². The molecular formula is C33H34N4O6. The van der Waals surface area contributed by atoms with E-state index in [1.165, 1.54) is 18.4 Å². The Hall–Kier alpha value is -4.60. The number of rotatable bonds is 9. The number of carbonyl (C=O) groups is 2. The van der Waals surface area contributed by atoms with Crippen molar-refractivity contribution in [2.24, 2.45) is 15.9 Å². The lowest BCUT2D eigenvalue weighted by molar-refractivity contribution is 0.0809. The third-order valence-corrected chi connectivity index (χ3v) is 8.53. The Morgan fingerprint density at radius 1 is 0.744 bits per heavy atom. The normalized spacial score (nSPS) is 21.7. The molecule has 4 heterocycles. The standard InChI is InChI=1S/C33H34N4O6/c1-19-9-22-15-34-26-13-30(28(40-2)11-24(26)32(38)36(22)17-19)42-7-4-8-43-31-14-27-25(12-29(31)41-3)33(39)37-18-21(20-5-6-20)10-23(37)16-35-27/h11-18,20,22-23H,4-10H2,1-3H3/t22-,23-/m1/s1. The lowest BCUT2D eigenvalue weighted by atomic mass is 10.1. The van der Waals surface area contributed by atoms with Gasteiger partial charge in [-0.1, -0.05) is 5.57 Å². The molecule has 43 heavy (non-hydrogen) atoms. The molecule has 10 nitrogen and oxygen atoms in total. The Labute approximate surface area is 250 Å². The largest absolute Gasteiger partial charge is 0.493 e. The minimum atomic E-state index is -0.104. The average Bonchev–Trinajstić information content (AvgIpc) is 3.72. The highest BCUT2D eigenvalue weighted by molar-refractivity contribution is 6.05. The van der Waals surface area contributed by atoms with Crippen LogP contribution < -0.4 is 18.9 Å². The molecule has 0 spiro atoms. The van der Waals surface area contributed by atoms with Gasteiger partial charge in [-0.3, -0.25) is 19.6 Å². The summed E-state index contributed by atoms with van der Waals surface area (Å²) < 4.78 is 23.2. The first-order valence-corrected chi connectivity index (χ1v) is 14.7. The molecule has 0 aromatic heterocycles. The number of amides is 2. The van der Waals surface area contributed by atoms with Crippen LogP contribution in [-0.2, 0) is 0 Å². The number of aliphatic imine (C=N–C) groups is 2. The lowest BCUT2D eigenvalue weighted by Crippen LogP contribution is -2.32. The van der Waals surface area contributed by atoms with Crippen molar-refractivity contribution in [1.82, 2.24) is 9.80 Å². The van der Waals surface area contributed by atoms with Crippen LogP contribution in [0.5, 0.6) is 23.0 Å². The summed E-state index contributed by atoms with van der Waals surface area (Å²) in [4.78, 5) is 39.4. The third-order valence-electron chi connectivity index (χ3n) is 8.53. The fraction of sp³-hybridized carbons (Fsp3) is 0.394. The summed E-state index contributed by atoms with van der Waals surface area (Å²) in [6, 6.07) is 6.81. The van der Waals surface area contributed by atoms with Gasteiger partial charge in [-0.25, -0.2) is 0 Å². The van der Waals surface area contributed by atoms with Crippen molar-refractivity contribution in [1.29, 1.82) is 0 Å². The second kappa shape index (κ2) is 10.9. The average molecular weight is 583 g/mol. The van der Waals surface area contributed by atoms with Gasteiger partial charge >= 0.3 is 0 Å². The van der Waals surface area contributed by atoms with Crippen LogP contribution in [0.1, 0.15) is 59.7 Å². The predicted molar refractivity (Wildman–Crippen MR) is 162 cm³/mol. The van der Waals surface area contributed by atoms with Gasteiger partial charge < -0.3 is 28.7 Å². The van der Waals surface area contributed by atoms with Crippen molar-refractivity contribution < 1.29 is 28.5 Å². The van der Waals surface area contributed by atoms with Gasteiger partial charge in [0.25, 0.3) is 11.8 Å². The molecule has 2 aromatic carbocycles. The van der Waals surface area contributed by atoms with E-state index in [0.29, 0.717) is 71.1 Å². The first-order chi connectivity index (χ1) is 20.9. The summed E-state index contributed by atoms with van der Waals surface area (Å²) in [5, 5.41) is 0. The number of benzene rings is 2. The zero-order valence-electron chi connectivity index (χ0n) is 24.5. The van der Waals surface area contributed by atoms with Crippen LogP contribution >= 0.6 is 0 Å². The van der Waals surface area contributed by atoms with Gasteiger partial charge in [-0.05, 0) is 56.2 Å².